The Hall–Kier alpha value is -1.38. The van der Waals surface area contributed by atoms with Crippen molar-refractivity contribution in [1.82, 2.24) is 9.88 Å². The lowest BCUT2D eigenvalue weighted by Gasteiger charge is -2.16. The number of pyridine rings is 1. The summed E-state index contributed by atoms with van der Waals surface area (Å²) in [6, 6.07) is 5.90. The van der Waals surface area contributed by atoms with Gasteiger partial charge in [0.25, 0.3) is 0 Å². The summed E-state index contributed by atoms with van der Waals surface area (Å²) in [6.45, 7) is 6.64. The van der Waals surface area contributed by atoms with Crippen molar-refractivity contribution in [3.8, 4) is 0 Å². The zero-order valence-electron chi connectivity index (χ0n) is 10.1. The predicted molar refractivity (Wildman–Crippen MR) is 65.3 cm³/mol. The van der Waals surface area contributed by atoms with Gasteiger partial charge < -0.3 is 4.90 Å². The molecule has 1 rings (SSSR count). The Labute approximate surface area is 92.7 Å². The van der Waals surface area contributed by atoms with Crippen molar-refractivity contribution < 1.29 is 0 Å². The monoisotopic (exact) mass is 207 g/mol. The highest BCUT2D eigenvalue weighted by molar-refractivity contribution is 5.75. The minimum Gasteiger partial charge on any atom is -0.363 e. The van der Waals surface area contributed by atoms with Crippen molar-refractivity contribution >= 4 is 5.84 Å². The first-order chi connectivity index (χ1) is 7.20. The van der Waals surface area contributed by atoms with E-state index in [9.17, 15) is 0 Å². The van der Waals surface area contributed by atoms with E-state index in [-0.39, 0.29) is 0 Å². The van der Waals surface area contributed by atoms with Gasteiger partial charge in [0, 0.05) is 31.9 Å². The molecule has 0 saturated carbocycles. The summed E-state index contributed by atoms with van der Waals surface area (Å²) in [5.41, 5.74) is 1.08. The van der Waals surface area contributed by atoms with Crippen LogP contribution >= 0.6 is 0 Å². The number of hydrogen-bond acceptors (Lipinski definition) is 2. The molecular weight excluding hydrogens is 186 g/mol. The number of aromatic nitrogens is 1. The summed E-state index contributed by atoms with van der Waals surface area (Å²) in [6.07, 6.45) is 2.69. The van der Waals surface area contributed by atoms with Crippen LogP contribution in [-0.4, -0.2) is 29.3 Å². The fraction of sp³-hybridized carbons (Fsp3) is 0.500. The first-order valence-electron chi connectivity index (χ1n) is 5.36. The van der Waals surface area contributed by atoms with Crippen LogP contribution in [0.2, 0.25) is 0 Å². The maximum Gasteiger partial charge on any atom is 0.0923 e. The maximum atomic E-state index is 7.37. The van der Waals surface area contributed by atoms with Crippen LogP contribution in [0.15, 0.2) is 24.4 Å². The second-order valence-corrected chi connectivity index (χ2v) is 3.08. The highest BCUT2D eigenvalue weighted by Gasteiger charge is 1.99. The van der Waals surface area contributed by atoms with E-state index in [0.717, 1.165) is 18.7 Å². The molecule has 0 aliphatic carbocycles. The number of nitrogens with zero attached hydrogens (tertiary/aromatic N) is 2. The summed E-state index contributed by atoms with van der Waals surface area (Å²) < 4.78 is 0. The fourth-order valence-electron chi connectivity index (χ4n) is 0.996. The van der Waals surface area contributed by atoms with Crippen LogP contribution in [0.1, 0.15) is 26.5 Å². The van der Waals surface area contributed by atoms with Crippen LogP contribution in [-0.2, 0) is 6.42 Å². The molecule has 3 nitrogen and oxygen atoms in total. The van der Waals surface area contributed by atoms with Crippen molar-refractivity contribution in [3.63, 3.8) is 0 Å². The second kappa shape index (κ2) is 7.97. The zero-order valence-corrected chi connectivity index (χ0v) is 10.1. The minimum atomic E-state index is 0.593. The molecule has 0 bridgehead atoms. The molecule has 0 amide bonds. The van der Waals surface area contributed by atoms with Gasteiger partial charge in [-0.2, -0.15) is 0 Å². The summed E-state index contributed by atoms with van der Waals surface area (Å²) in [5.74, 6) is 0.593. The van der Waals surface area contributed by atoms with E-state index in [2.05, 4.69) is 4.98 Å². The van der Waals surface area contributed by atoms with Gasteiger partial charge in [0.2, 0.25) is 0 Å². The summed E-state index contributed by atoms with van der Waals surface area (Å²) in [5, 5.41) is 7.37. The Kier molecular flexibility index (Phi) is 7.24. The Bertz CT molecular complexity index is 269. The highest BCUT2D eigenvalue weighted by atomic mass is 15.1. The average Bonchev–Trinajstić information content (AvgIpc) is 2.30. The third-order valence-corrected chi connectivity index (χ3v) is 2.00. The first-order valence-corrected chi connectivity index (χ1v) is 5.36. The van der Waals surface area contributed by atoms with Crippen molar-refractivity contribution in [2.75, 3.05) is 13.6 Å². The topological polar surface area (TPSA) is 40.0 Å². The van der Waals surface area contributed by atoms with E-state index in [4.69, 9.17) is 5.41 Å². The highest BCUT2D eigenvalue weighted by Crippen LogP contribution is 1.96. The molecule has 0 fully saturated rings. The lowest BCUT2D eigenvalue weighted by molar-refractivity contribution is 0.499. The van der Waals surface area contributed by atoms with Gasteiger partial charge in [-0.05, 0) is 19.1 Å². The van der Waals surface area contributed by atoms with E-state index >= 15 is 0 Å². The quantitative estimate of drug-likeness (QED) is 0.611. The average molecular weight is 207 g/mol. The van der Waals surface area contributed by atoms with Gasteiger partial charge in [0.1, 0.15) is 0 Å². The summed E-state index contributed by atoms with van der Waals surface area (Å²) in [7, 11) is 1.92. The molecule has 0 radical (unpaired) electrons. The fourth-order valence-corrected chi connectivity index (χ4v) is 0.996. The van der Waals surface area contributed by atoms with Gasteiger partial charge in [0.15, 0.2) is 0 Å². The summed E-state index contributed by atoms with van der Waals surface area (Å²) >= 11 is 0. The molecule has 0 aliphatic rings. The molecule has 0 spiro atoms. The minimum absolute atomic E-state index is 0.593. The molecule has 1 aromatic rings. The van der Waals surface area contributed by atoms with E-state index in [0.29, 0.717) is 5.84 Å². The third-order valence-electron chi connectivity index (χ3n) is 2.00. The molecule has 3 heteroatoms. The van der Waals surface area contributed by atoms with Gasteiger partial charge in [0.05, 0.1) is 5.84 Å². The molecule has 1 N–H and O–H groups in total. The molecule has 0 aliphatic heterocycles. The van der Waals surface area contributed by atoms with Gasteiger partial charge in [-0.3, -0.25) is 10.4 Å². The van der Waals surface area contributed by atoms with Crippen molar-refractivity contribution in [1.29, 1.82) is 5.41 Å². The van der Waals surface area contributed by atoms with Crippen LogP contribution in [0.5, 0.6) is 0 Å². The Morgan fingerprint density at radius 1 is 1.40 bits per heavy atom. The van der Waals surface area contributed by atoms with Gasteiger partial charge in [-0.1, -0.05) is 19.9 Å². The molecular formula is C12H21N3. The largest absolute Gasteiger partial charge is 0.363 e. The van der Waals surface area contributed by atoms with Crippen molar-refractivity contribution in [3.05, 3.63) is 30.1 Å². The van der Waals surface area contributed by atoms with Crippen LogP contribution in [0.3, 0.4) is 0 Å². The van der Waals surface area contributed by atoms with Crippen LogP contribution in [0.25, 0.3) is 0 Å². The van der Waals surface area contributed by atoms with Crippen molar-refractivity contribution in [2.45, 2.75) is 27.2 Å². The van der Waals surface area contributed by atoms with E-state index in [1.165, 1.54) is 0 Å². The number of hydrogen-bond donors (Lipinski definition) is 1. The Morgan fingerprint density at radius 2 is 2.07 bits per heavy atom. The lowest BCUT2D eigenvalue weighted by Crippen LogP contribution is -2.25. The standard InChI is InChI=1S/C10H15N3.C2H6/c1-9(11)13(2)8-6-10-5-3-4-7-12-10;1-2/h3-5,7,11H,6,8H2,1-2H3;1-2H3. The maximum absolute atomic E-state index is 7.37. The number of likely N-dealkylation sites (N-methyl/N-ethyl adjacent to an activating group) is 1. The number of rotatable bonds is 3. The van der Waals surface area contributed by atoms with Gasteiger partial charge >= 0.3 is 0 Å². The van der Waals surface area contributed by atoms with E-state index in [1.54, 1.807) is 13.1 Å². The first kappa shape index (κ1) is 13.6. The van der Waals surface area contributed by atoms with Gasteiger partial charge in [-0.15, -0.1) is 0 Å². The molecule has 84 valence electrons. The van der Waals surface area contributed by atoms with Crippen LogP contribution < -0.4 is 0 Å². The van der Waals surface area contributed by atoms with Crippen molar-refractivity contribution in [2.24, 2.45) is 0 Å². The Balaban J connectivity index is 0.000000921. The van der Waals surface area contributed by atoms with Crippen LogP contribution in [0, 0.1) is 5.41 Å². The van der Waals surface area contributed by atoms with Gasteiger partial charge in [-0.25, -0.2) is 0 Å². The molecule has 1 heterocycles. The molecule has 0 unspecified atom stereocenters. The molecule has 1 aromatic heterocycles. The zero-order chi connectivity index (χ0) is 11.7. The van der Waals surface area contributed by atoms with E-state index in [1.807, 2.05) is 44.0 Å². The number of nitrogens with one attached hydrogen (secondary N) is 1. The third kappa shape index (κ3) is 5.83. The Morgan fingerprint density at radius 3 is 2.53 bits per heavy atom. The second-order valence-electron chi connectivity index (χ2n) is 3.08. The van der Waals surface area contributed by atoms with Crippen LogP contribution in [0.4, 0.5) is 0 Å². The van der Waals surface area contributed by atoms with E-state index < -0.39 is 0 Å². The SMILES string of the molecule is CC.CC(=N)N(C)CCc1ccccn1. The molecule has 0 aromatic carbocycles. The summed E-state index contributed by atoms with van der Waals surface area (Å²) in [4.78, 5) is 6.12. The molecule has 0 saturated heterocycles. The lowest BCUT2D eigenvalue weighted by atomic mass is 10.2. The predicted octanol–water partition coefficient (Wildman–Crippen LogP) is 2.58. The number of amidine groups is 1. The smallest absolute Gasteiger partial charge is 0.0923 e. The molecule has 15 heavy (non-hydrogen) atoms. The normalized spacial score (nSPS) is 8.80. The molecule has 0 atom stereocenters.